The molecule has 4 heterocycles. The third-order valence-corrected chi connectivity index (χ3v) is 9.44. The molecule has 1 aliphatic carbocycles. The maximum atomic E-state index is 12.3. The Morgan fingerprint density at radius 1 is 1.07 bits per heavy atom. The van der Waals surface area contributed by atoms with E-state index in [1.165, 1.54) is 63.3 Å². The van der Waals surface area contributed by atoms with E-state index in [1.54, 1.807) is 13.2 Å². The Bertz CT molecular complexity index is 1420. The lowest BCUT2D eigenvalue weighted by atomic mass is 9.92. The van der Waals surface area contributed by atoms with Crippen LogP contribution in [0.2, 0.25) is 0 Å². The minimum Gasteiger partial charge on any atom is -0.501 e. The number of allylic oxidation sites excluding steroid dienone is 3. The summed E-state index contributed by atoms with van der Waals surface area (Å²) in [5.41, 5.74) is 3.53. The molecule has 2 saturated heterocycles. The fraction of sp³-hybridized carbons (Fsp3) is 0.452. The number of rotatable bonds is 8. The van der Waals surface area contributed by atoms with Crippen molar-refractivity contribution in [3.05, 3.63) is 71.5 Å². The summed E-state index contributed by atoms with van der Waals surface area (Å²) >= 11 is 1.45. The maximum absolute atomic E-state index is 12.3. The van der Waals surface area contributed by atoms with Gasteiger partial charge in [0.1, 0.15) is 16.6 Å². The summed E-state index contributed by atoms with van der Waals surface area (Å²) in [6, 6.07) is 10.2. The monoisotopic (exact) mass is 559 g/mol. The first kappa shape index (κ1) is 26.9. The van der Waals surface area contributed by atoms with Crippen LogP contribution >= 0.6 is 11.8 Å². The molecule has 8 nitrogen and oxygen atoms in total. The molecule has 40 heavy (non-hydrogen) atoms. The Labute approximate surface area is 239 Å². The number of benzene rings is 1. The minimum atomic E-state index is -0.361. The zero-order valence-corrected chi connectivity index (χ0v) is 24.1. The molecule has 1 unspecified atom stereocenters. The number of hydrogen-bond donors (Lipinski definition) is 1. The Morgan fingerprint density at radius 2 is 1.88 bits per heavy atom. The van der Waals surface area contributed by atoms with E-state index >= 15 is 0 Å². The number of aromatic amines is 1. The zero-order chi connectivity index (χ0) is 27.5. The molecule has 2 aromatic heterocycles. The van der Waals surface area contributed by atoms with Crippen molar-refractivity contribution >= 4 is 28.8 Å². The second-order valence-corrected chi connectivity index (χ2v) is 11.8. The lowest BCUT2D eigenvalue weighted by molar-refractivity contribution is 0.0597. The SMILES string of the molecule is COC(=O)c1ccccc1Sc1nc(CC2CC=C(N3CCC(N4CCCC4)CC3)C=C2OC)nc2cc[nH]c12. The number of carbonyl (C=O) groups is 1. The highest BCUT2D eigenvalue weighted by Crippen LogP contribution is 2.35. The van der Waals surface area contributed by atoms with Crippen LogP contribution in [0, 0.1) is 5.92 Å². The third-order valence-electron chi connectivity index (χ3n) is 8.37. The van der Waals surface area contributed by atoms with Crippen LogP contribution < -0.4 is 0 Å². The molecule has 0 radical (unpaired) electrons. The number of methoxy groups -OCH3 is 2. The van der Waals surface area contributed by atoms with Gasteiger partial charge in [-0.1, -0.05) is 30.0 Å². The molecule has 6 rings (SSSR count). The molecule has 1 N–H and O–H groups in total. The Balaban J connectivity index is 1.17. The fourth-order valence-electron chi connectivity index (χ4n) is 6.21. The molecule has 0 saturated carbocycles. The van der Waals surface area contributed by atoms with Gasteiger partial charge in [0.15, 0.2) is 0 Å². The molecule has 0 bridgehead atoms. The molecular formula is C31H37N5O3S. The van der Waals surface area contributed by atoms with E-state index in [-0.39, 0.29) is 11.9 Å². The summed E-state index contributed by atoms with van der Waals surface area (Å²) in [5.74, 6) is 1.57. The van der Waals surface area contributed by atoms with Gasteiger partial charge < -0.3 is 24.3 Å². The Hall–Kier alpha value is -3.30. The summed E-state index contributed by atoms with van der Waals surface area (Å²) in [4.78, 5) is 31.5. The van der Waals surface area contributed by atoms with Gasteiger partial charge in [-0.25, -0.2) is 14.8 Å². The van der Waals surface area contributed by atoms with Crippen LogP contribution in [0.1, 0.15) is 48.3 Å². The first-order valence-electron chi connectivity index (χ1n) is 14.3. The van der Waals surface area contributed by atoms with E-state index < -0.39 is 0 Å². The number of hydrogen-bond acceptors (Lipinski definition) is 8. The van der Waals surface area contributed by atoms with Gasteiger partial charge in [-0.2, -0.15) is 0 Å². The predicted octanol–water partition coefficient (Wildman–Crippen LogP) is 5.43. The average Bonchev–Trinajstić information content (AvgIpc) is 3.70. The molecule has 3 aliphatic rings. The van der Waals surface area contributed by atoms with Gasteiger partial charge in [-0.3, -0.25) is 0 Å². The van der Waals surface area contributed by atoms with Crippen molar-refractivity contribution in [3.8, 4) is 0 Å². The number of esters is 1. The van der Waals surface area contributed by atoms with E-state index in [2.05, 4.69) is 26.9 Å². The molecule has 2 fully saturated rings. The molecule has 0 amide bonds. The smallest absolute Gasteiger partial charge is 0.339 e. The second-order valence-electron chi connectivity index (χ2n) is 10.8. The molecule has 210 valence electrons. The van der Waals surface area contributed by atoms with Crippen molar-refractivity contribution < 1.29 is 14.3 Å². The minimum absolute atomic E-state index is 0.174. The van der Waals surface area contributed by atoms with Crippen molar-refractivity contribution in [2.24, 2.45) is 5.92 Å². The fourth-order valence-corrected chi connectivity index (χ4v) is 7.25. The van der Waals surface area contributed by atoms with E-state index in [1.807, 2.05) is 30.5 Å². The highest BCUT2D eigenvalue weighted by molar-refractivity contribution is 7.99. The van der Waals surface area contributed by atoms with Crippen molar-refractivity contribution in [3.63, 3.8) is 0 Å². The van der Waals surface area contributed by atoms with E-state index in [9.17, 15) is 4.79 Å². The summed E-state index contributed by atoms with van der Waals surface area (Å²) in [6.07, 6.45) is 13.2. The van der Waals surface area contributed by atoms with Gasteiger partial charge in [0.25, 0.3) is 0 Å². The van der Waals surface area contributed by atoms with Crippen molar-refractivity contribution in [1.29, 1.82) is 0 Å². The Kier molecular flexibility index (Phi) is 8.11. The van der Waals surface area contributed by atoms with E-state index in [0.29, 0.717) is 12.0 Å². The molecule has 2 aliphatic heterocycles. The van der Waals surface area contributed by atoms with Gasteiger partial charge in [0.05, 0.1) is 30.8 Å². The second kappa shape index (κ2) is 12.1. The van der Waals surface area contributed by atoms with Crippen LogP contribution in [-0.2, 0) is 15.9 Å². The van der Waals surface area contributed by atoms with Gasteiger partial charge in [-0.15, -0.1) is 0 Å². The average molecular weight is 560 g/mol. The maximum Gasteiger partial charge on any atom is 0.339 e. The van der Waals surface area contributed by atoms with Gasteiger partial charge in [-0.05, 0) is 69.5 Å². The molecule has 9 heteroatoms. The number of carbonyl (C=O) groups excluding carboxylic acids is 1. The summed E-state index contributed by atoms with van der Waals surface area (Å²) in [7, 11) is 3.17. The highest BCUT2D eigenvalue weighted by atomic mass is 32.2. The van der Waals surface area contributed by atoms with Crippen LogP contribution in [0.4, 0.5) is 0 Å². The van der Waals surface area contributed by atoms with Crippen LogP contribution in [0.5, 0.6) is 0 Å². The first-order valence-corrected chi connectivity index (χ1v) is 15.1. The normalized spacial score (nSPS) is 20.4. The third kappa shape index (κ3) is 5.63. The van der Waals surface area contributed by atoms with Crippen molar-refractivity contribution in [2.75, 3.05) is 40.4 Å². The zero-order valence-electron chi connectivity index (χ0n) is 23.3. The number of fused-ring (bicyclic) bond motifs is 1. The number of piperidine rings is 1. The van der Waals surface area contributed by atoms with Crippen molar-refractivity contribution in [1.82, 2.24) is 24.8 Å². The molecule has 0 spiro atoms. The van der Waals surface area contributed by atoms with Gasteiger partial charge in [0, 0.05) is 48.3 Å². The number of likely N-dealkylation sites (tertiary alicyclic amines) is 2. The Morgan fingerprint density at radius 3 is 2.65 bits per heavy atom. The number of ether oxygens (including phenoxy) is 2. The lowest BCUT2D eigenvalue weighted by Crippen LogP contribution is -2.43. The number of aromatic nitrogens is 3. The van der Waals surface area contributed by atoms with Crippen LogP contribution in [0.3, 0.4) is 0 Å². The van der Waals surface area contributed by atoms with Crippen LogP contribution in [0.25, 0.3) is 11.0 Å². The summed E-state index contributed by atoms with van der Waals surface area (Å²) < 4.78 is 10.9. The largest absolute Gasteiger partial charge is 0.501 e. The van der Waals surface area contributed by atoms with Crippen LogP contribution in [0.15, 0.2) is 70.1 Å². The van der Waals surface area contributed by atoms with Gasteiger partial charge >= 0.3 is 5.97 Å². The summed E-state index contributed by atoms with van der Waals surface area (Å²) in [5, 5.41) is 0.789. The number of H-pyrrole nitrogens is 1. The molecule has 1 aromatic carbocycles. The number of nitrogens with zero attached hydrogens (tertiary/aromatic N) is 4. The van der Waals surface area contributed by atoms with Gasteiger partial charge in [0.2, 0.25) is 0 Å². The topological polar surface area (TPSA) is 83.6 Å². The van der Waals surface area contributed by atoms with E-state index in [0.717, 1.165) is 58.1 Å². The highest BCUT2D eigenvalue weighted by Gasteiger charge is 2.29. The first-order chi connectivity index (χ1) is 19.6. The lowest BCUT2D eigenvalue weighted by Gasteiger charge is -2.39. The standard InChI is InChI=1S/C31H37N5O3S/c1-38-26-20-23(36-17-12-22(13-18-36)35-15-5-6-16-35)10-9-21(26)19-28-33-25-11-14-32-29(25)30(34-28)40-27-8-4-3-7-24(27)31(37)39-2/h3-4,7-8,10-11,14,20-22,32H,5-6,9,12-13,15-19H2,1-2H3. The predicted molar refractivity (Wildman–Crippen MR) is 156 cm³/mol. The number of nitrogens with one attached hydrogen (secondary N) is 1. The quantitative estimate of drug-likeness (QED) is 0.289. The van der Waals surface area contributed by atoms with E-state index in [4.69, 9.17) is 19.4 Å². The molecule has 1 atom stereocenters. The molecule has 3 aromatic rings. The van der Waals surface area contributed by atoms with Crippen molar-refractivity contribution in [2.45, 2.75) is 54.5 Å². The molecular weight excluding hydrogens is 522 g/mol. The summed E-state index contributed by atoms with van der Waals surface area (Å²) in [6.45, 7) is 4.76. The van der Waals surface area contributed by atoms with Crippen LogP contribution in [-0.4, -0.2) is 77.2 Å².